The summed E-state index contributed by atoms with van der Waals surface area (Å²) >= 11 is 0. The van der Waals surface area contributed by atoms with E-state index < -0.39 is 11.2 Å². The zero-order chi connectivity index (χ0) is 21.4. The first-order valence-electron chi connectivity index (χ1n) is 10.3. The van der Waals surface area contributed by atoms with Crippen LogP contribution in [0.5, 0.6) is 0 Å². The standard InChI is InChI=1S/C23H32N2O4/c1-22(2,3)28-20(26)24-12-7-8-18(15-24)16-9-10-19-17(14-16)11-13-25(19)21(27)29-23(4,5)6/h9-11,13-14,18H,7-8,12,15H2,1-6H3. The summed E-state index contributed by atoms with van der Waals surface area (Å²) in [4.78, 5) is 26.7. The van der Waals surface area contributed by atoms with Crippen molar-refractivity contribution in [3.05, 3.63) is 36.0 Å². The predicted octanol–water partition coefficient (Wildman–Crippen LogP) is 5.54. The summed E-state index contributed by atoms with van der Waals surface area (Å²) < 4.78 is 12.6. The van der Waals surface area contributed by atoms with Gasteiger partial charge in [-0.25, -0.2) is 9.59 Å². The van der Waals surface area contributed by atoms with E-state index in [1.165, 1.54) is 10.1 Å². The molecule has 1 aromatic carbocycles. The molecule has 0 N–H and O–H groups in total. The largest absolute Gasteiger partial charge is 0.444 e. The van der Waals surface area contributed by atoms with E-state index in [1.807, 2.05) is 59.7 Å². The molecule has 3 rings (SSSR count). The van der Waals surface area contributed by atoms with Crippen LogP contribution >= 0.6 is 0 Å². The van der Waals surface area contributed by atoms with Gasteiger partial charge in [0.1, 0.15) is 11.2 Å². The Labute approximate surface area is 172 Å². The van der Waals surface area contributed by atoms with Crippen LogP contribution in [0.15, 0.2) is 30.5 Å². The molecule has 0 saturated carbocycles. The van der Waals surface area contributed by atoms with Gasteiger partial charge in [0.25, 0.3) is 0 Å². The third-order valence-corrected chi connectivity index (χ3v) is 4.85. The van der Waals surface area contributed by atoms with Crippen molar-refractivity contribution in [3.63, 3.8) is 0 Å². The molecule has 1 unspecified atom stereocenters. The minimum absolute atomic E-state index is 0.251. The summed E-state index contributed by atoms with van der Waals surface area (Å²) in [5, 5.41) is 0.989. The first kappa shape index (κ1) is 21.2. The molecule has 1 atom stereocenters. The highest BCUT2D eigenvalue weighted by molar-refractivity contribution is 5.90. The van der Waals surface area contributed by atoms with Crippen molar-refractivity contribution in [3.8, 4) is 0 Å². The van der Waals surface area contributed by atoms with E-state index in [-0.39, 0.29) is 18.1 Å². The van der Waals surface area contributed by atoms with Crippen molar-refractivity contribution >= 4 is 23.1 Å². The number of carbonyl (C=O) groups excluding carboxylic acids is 2. The summed E-state index contributed by atoms with van der Waals surface area (Å²) in [5.74, 6) is 0.255. The molecule has 0 radical (unpaired) electrons. The minimum Gasteiger partial charge on any atom is -0.444 e. The number of fused-ring (bicyclic) bond motifs is 1. The van der Waals surface area contributed by atoms with E-state index in [0.29, 0.717) is 6.54 Å². The summed E-state index contributed by atoms with van der Waals surface area (Å²) in [6, 6.07) is 8.05. The molecular weight excluding hydrogens is 368 g/mol. The molecule has 158 valence electrons. The van der Waals surface area contributed by atoms with Crippen molar-refractivity contribution in [2.24, 2.45) is 0 Å². The molecule has 1 aromatic heterocycles. The molecule has 0 bridgehead atoms. The Hall–Kier alpha value is -2.50. The van der Waals surface area contributed by atoms with Gasteiger partial charge in [-0.2, -0.15) is 0 Å². The number of aromatic nitrogens is 1. The van der Waals surface area contributed by atoms with Gasteiger partial charge in [-0.3, -0.25) is 4.57 Å². The van der Waals surface area contributed by atoms with Crippen LogP contribution in [-0.4, -0.2) is 45.9 Å². The summed E-state index contributed by atoms with van der Waals surface area (Å²) in [6.45, 7) is 12.6. The zero-order valence-corrected chi connectivity index (χ0v) is 18.3. The third kappa shape index (κ3) is 5.31. The van der Waals surface area contributed by atoms with Crippen LogP contribution in [0.25, 0.3) is 10.9 Å². The second-order valence-corrected chi connectivity index (χ2v) is 9.75. The number of ether oxygens (including phenoxy) is 2. The summed E-state index contributed by atoms with van der Waals surface area (Å²) in [6.07, 6.45) is 3.09. The lowest BCUT2D eigenvalue weighted by Gasteiger charge is -2.34. The predicted molar refractivity (Wildman–Crippen MR) is 113 cm³/mol. The Bertz CT molecular complexity index is 902. The van der Waals surface area contributed by atoms with E-state index in [4.69, 9.17) is 9.47 Å². The van der Waals surface area contributed by atoms with Gasteiger partial charge in [-0.05, 0) is 78.1 Å². The van der Waals surface area contributed by atoms with E-state index >= 15 is 0 Å². The SMILES string of the molecule is CC(C)(C)OC(=O)N1CCCC(c2ccc3c(ccn3C(=O)OC(C)(C)C)c2)C1. The molecule has 1 aliphatic heterocycles. The first-order chi connectivity index (χ1) is 13.4. The zero-order valence-electron chi connectivity index (χ0n) is 18.3. The minimum atomic E-state index is -0.541. The van der Waals surface area contributed by atoms with Gasteiger partial charge in [-0.15, -0.1) is 0 Å². The lowest BCUT2D eigenvalue weighted by Crippen LogP contribution is -2.42. The Kier molecular flexibility index (Phi) is 5.65. The highest BCUT2D eigenvalue weighted by Gasteiger charge is 2.28. The average Bonchev–Trinajstić information content (AvgIpc) is 3.02. The van der Waals surface area contributed by atoms with Crippen molar-refractivity contribution in [2.75, 3.05) is 13.1 Å². The Morgan fingerprint density at radius 1 is 0.966 bits per heavy atom. The van der Waals surface area contributed by atoms with Crippen molar-refractivity contribution in [1.82, 2.24) is 9.47 Å². The van der Waals surface area contributed by atoms with Crippen LogP contribution in [0.4, 0.5) is 9.59 Å². The fourth-order valence-electron chi connectivity index (χ4n) is 3.63. The maximum Gasteiger partial charge on any atom is 0.418 e. The van der Waals surface area contributed by atoms with E-state index in [2.05, 4.69) is 6.07 Å². The highest BCUT2D eigenvalue weighted by atomic mass is 16.6. The molecule has 6 heteroatoms. The molecule has 1 amide bonds. The number of nitrogens with zero attached hydrogens (tertiary/aromatic N) is 2. The number of benzene rings is 1. The van der Waals surface area contributed by atoms with E-state index in [1.54, 1.807) is 11.1 Å². The topological polar surface area (TPSA) is 60.8 Å². The Morgan fingerprint density at radius 2 is 1.62 bits per heavy atom. The van der Waals surface area contributed by atoms with Crippen LogP contribution in [0.3, 0.4) is 0 Å². The molecule has 2 aromatic rings. The van der Waals surface area contributed by atoms with E-state index in [9.17, 15) is 9.59 Å². The van der Waals surface area contributed by atoms with Gasteiger partial charge in [0.15, 0.2) is 0 Å². The van der Waals surface area contributed by atoms with Crippen LogP contribution in [0.2, 0.25) is 0 Å². The van der Waals surface area contributed by atoms with Crippen LogP contribution in [0, 0.1) is 0 Å². The lowest BCUT2D eigenvalue weighted by atomic mass is 9.90. The molecule has 0 spiro atoms. The normalized spacial score (nSPS) is 18.0. The monoisotopic (exact) mass is 400 g/mol. The maximum absolute atomic E-state index is 12.4. The van der Waals surface area contributed by atoms with Gasteiger partial charge in [0, 0.05) is 30.6 Å². The molecule has 0 aliphatic carbocycles. The maximum atomic E-state index is 12.4. The third-order valence-electron chi connectivity index (χ3n) is 4.85. The molecule has 1 fully saturated rings. The van der Waals surface area contributed by atoms with Gasteiger partial charge in [-0.1, -0.05) is 6.07 Å². The number of hydrogen-bond donors (Lipinski definition) is 0. The Balaban J connectivity index is 1.77. The molecule has 2 heterocycles. The number of hydrogen-bond acceptors (Lipinski definition) is 4. The first-order valence-corrected chi connectivity index (χ1v) is 10.3. The highest BCUT2D eigenvalue weighted by Crippen LogP contribution is 2.30. The van der Waals surface area contributed by atoms with Gasteiger partial charge >= 0.3 is 12.2 Å². The van der Waals surface area contributed by atoms with Crippen LogP contribution in [0.1, 0.15) is 65.9 Å². The molecule has 1 saturated heterocycles. The summed E-state index contributed by atoms with van der Waals surface area (Å²) in [5.41, 5.74) is 0.962. The number of likely N-dealkylation sites (tertiary alicyclic amines) is 1. The van der Waals surface area contributed by atoms with Crippen LogP contribution in [-0.2, 0) is 9.47 Å². The fraction of sp³-hybridized carbons (Fsp3) is 0.565. The average molecular weight is 401 g/mol. The molecule has 1 aliphatic rings. The van der Waals surface area contributed by atoms with Crippen molar-refractivity contribution < 1.29 is 19.1 Å². The number of rotatable bonds is 1. The molecular formula is C23H32N2O4. The van der Waals surface area contributed by atoms with Crippen LogP contribution < -0.4 is 0 Å². The smallest absolute Gasteiger partial charge is 0.418 e. The lowest BCUT2D eigenvalue weighted by molar-refractivity contribution is 0.0198. The number of piperidine rings is 1. The van der Waals surface area contributed by atoms with Crippen molar-refractivity contribution in [1.29, 1.82) is 0 Å². The van der Waals surface area contributed by atoms with Gasteiger partial charge in [0.2, 0.25) is 0 Å². The number of amides is 1. The van der Waals surface area contributed by atoms with Crippen molar-refractivity contribution in [2.45, 2.75) is 71.5 Å². The second-order valence-electron chi connectivity index (χ2n) is 9.75. The number of carbonyl (C=O) groups is 2. The van der Waals surface area contributed by atoms with Gasteiger partial charge in [0.05, 0.1) is 5.52 Å². The molecule has 29 heavy (non-hydrogen) atoms. The summed E-state index contributed by atoms with van der Waals surface area (Å²) in [7, 11) is 0. The van der Waals surface area contributed by atoms with Gasteiger partial charge < -0.3 is 14.4 Å². The fourth-order valence-corrected chi connectivity index (χ4v) is 3.63. The second kappa shape index (κ2) is 7.73. The molecule has 6 nitrogen and oxygen atoms in total. The van der Waals surface area contributed by atoms with E-state index in [0.717, 1.165) is 30.3 Å². The Morgan fingerprint density at radius 3 is 2.28 bits per heavy atom. The quantitative estimate of drug-likeness (QED) is 0.631.